The van der Waals surface area contributed by atoms with Crippen LogP contribution in [0, 0.1) is 6.92 Å². The zero-order valence-electron chi connectivity index (χ0n) is 10.1. The number of ether oxygens (including phenoxy) is 1. The van der Waals surface area contributed by atoms with Crippen LogP contribution in [0.15, 0.2) is 53.0 Å². The lowest BCUT2D eigenvalue weighted by molar-refractivity contribution is 0.107. The van der Waals surface area contributed by atoms with E-state index in [0.29, 0.717) is 0 Å². The van der Waals surface area contributed by atoms with E-state index in [2.05, 4.69) is 15.9 Å². The fourth-order valence-electron chi connectivity index (χ4n) is 1.72. The van der Waals surface area contributed by atoms with Gasteiger partial charge < -0.3 is 9.84 Å². The molecule has 0 amide bonds. The highest BCUT2D eigenvalue weighted by Gasteiger charge is 2.11. The number of aryl methyl sites for hydroxylation is 1. The maximum absolute atomic E-state index is 10.1. The first kappa shape index (κ1) is 13.1. The van der Waals surface area contributed by atoms with Gasteiger partial charge in [0.2, 0.25) is 0 Å². The Hall–Kier alpha value is -1.32. The Balaban J connectivity index is 2.03. The predicted octanol–water partition coefficient (Wildman–Crippen LogP) is 3.87. The van der Waals surface area contributed by atoms with E-state index < -0.39 is 6.10 Å². The van der Waals surface area contributed by atoms with Crippen molar-refractivity contribution in [3.8, 4) is 5.75 Å². The molecule has 0 aliphatic carbocycles. The zero-order valence-corrected chi connectivity index (χ0v) is 11.7. The van der Waals surface area contributed by atoms with Crippen molar-refractivity contribution in [3.05, 3.63) is 64.1 Å². The lowest BCUT2D eigenvalue weighted by atomic mass is 10.1. The number of benzene rings is 2. The molecule has 2 aromatic carbocycles. The van der Waals surface area contributed by atoms with Gasteiger partial charge in [-0.05, 0) is 30.2 Å². The van der Waals surface area contributed by atoms with Gasteiger partial charge in [0.25, 0.3) is 0 Å². The van der Waals surface area contributed by atoms with Crippen LogP contribution >= 0.6 is 15.9 Å². The van der Waals surface area contributed by atoms with Crippen LogP contribution < -0.4 is 4.74 Å². The molecular formula is C15H15BrO2. The molecule has 2 rings (SSSR count). The van der Waals surface area contributed by atoms with Gasteiger partial charge in [0.15, 0.2) is 0 Å². The molecule has 0 fully saturated rings. The van der Waals surface area contributed by atoms with Crippen LogP contribution in [0.25, 0.3) is 0 Å². The highest BCUT2D eigenvalue weighted by molar-refractivity contribution is 9.10. The van der Waals surface area contributed by atoms with E-state index in [1.165, 1.54) is 0 Å². The van der Waals surface area contributed by atoms with Crippen molar-refractivity contribution in [1.29, 1.82) is 0 Å². The summed E-state index contributed by atoms with van der Waals surface area (Å²) in [4.78, 5) is 0. The first-order chi connectivity index (χ1) is 8.68. The molecule has 0 spiro atoms. The normalized spacial score (nSPS) is 12.2. The standard InChI is InChI=1S/C15H15BrO2/c1-11-6-2-5-9-15(11)18-10-14(17)12-7-3-4-8-13(12)16/h2-9,14,17H,10H2,1H3. The van der Waals surface area contributed by atoms with Gasteiger partial charge in [-0.3, -0.25) is 0 Å². The molecule has 0 radical (unpaired) electrons. The predicted molar refractivity (Wildman–Crippen MR) is 75.8 cm³/mol. The van der Waals surface area contributed by atoms with E-state index in [1.54, 1.807) is 0 Å². The van der Waals surface area contributed by atoms with Gasteiger partial charge in [-0.25, -0.2) is 0 Å². The van der Waals surface area contributed by atoms with Crippen LogP contribution in [-0.2, 0) is 0 Å². The SMILES string of the molecule is Cc1ccccc1OCC(O)c1ccccc1Br. The lowest BCUT2D eigenvalue weighted by Crippen LogP contribution is -2.10. The summed E-state index contributed by atoms with van der Waals surface area (Å²) in [6.45, 7) is 2.23. The Morgan fingerprint density at radius 2 is 1.78 bits per heavy atom. The number of hydrogen-bond acceptors (Lipinski definition) is 2. The summed E-state index contributed by atoms with van der Waals surface area (Å²) in [7, 11) is 0. The number of para-hydroxylation sites is 1. The fourth-order valence-corrected chi connectivity index (χ4v) is 2.27. The summed E-state index contributed by atoms with van der Waals surface area (Å²) < 4.78 is 6.53. The van der Waals surface area contributed by atoms with Crippen molar-refractivity contribution in [1.82, 2.24) is 0 Å². The molecule has 0 aromatic heterocycles. The Labute approximate surface area is 115 Å². The molecule has 1 atom stereocenters. The minimum Gasteiger partial charge on any atom is -0.490 e. The summed E-state index contributed by atoms with van der Waals surface area (Å²) in [6.07, 6.45) is -0.639. The lowest BCUT2D eigenvalue weighted by Gasteiger charge is -2.15. The van der Waals surface area contributed by atoms with Crippen molar-refractivity contribution in [2.75, 3.05) is 6.61 Å². The Bertz CT molecular complexity index is 525. The van der Waals surface area contributed by atoms with Gasteiger partial charge in [0.05, 0.1) is 0 Å². The second-order valence-electron chi connectivity index (χ2n) is 4.11. The number of halogens is 1. The summed E-state index contributed by atoms with van der Waals surface area (Å²) >= 11 is 3.42. The molecule has 3 heteroatoms. The number of rotatable bonds is 4. The third-order valence-corrected chi connectivity index (χ3v) is 3.48. The van der Waals surface area contributed by atoms with Crippen molar-refractivity contribution >= 4 is 15.9 Å². The number of hydrogen-bond donors (Lipinski definition) is 1. The minimum atomic E-state index is -0.639. The third-order valence-electron chi connectivity index (χ3n) is 2.75. The van der Waals surface area contributed by atoms with Gasteiger partial charge >= 0.3 is 0 Å². The van der Waals surface area contributed by atoms with Crippen molar-refractivity contribution < 1.29 is 9.84 Å². The summed E-state index contributed by atoms with van der Waals surface area (Å²) in [5, 5.41) is 10.1. The zero-order chi connectivity index (χ0) is 13.0. The molecule has 2 aromatic rings. The number of aliphatic hydroxyl groups excluding tert-OH is 1. The van der Waals surface area contributed by atoms with Crippen molar-refractivity contribution in [2.45, 2.75) is 13.0 Å². The molecule has 0 saturated heterocycles. The summed E-state index contributed by atoms with van der Waals surface area (Å²) in [5.74, 6) is 0.809. The monoisotopic (exact) mass is 306 g/mol. The van der Waals surface area contributed by atoms with Crippen LogP contribution in [0.1, 0.15) is 17.2 Å². The highest BCUT2D eigenvalue weighted by atomic mass is 79.9. The fraction of sp³-hybridized carbons (Fsp3) is 0.200. The molecule has 1 N–H and O–H groups in total. The topological polar surface area (TPSA) is 29.5 Å². The van der Waals surface area contributed by atoms with E-state index in [9.17, 15) is 5.11 Å². The van der Waals surface area contributed by atoms with Crippen LogP contribution in [-0.4, -0.2) is 11.7 Å². The van der Waals surface area contributed by atoms with Gasteiger partial charge in [-0.2, -0.15) is 0 Å². The average molecular weight is 307 g/mol. The minimum absolute atomic E-state index is 0.244. The molecule has 0 bridgehead atoms. The average Bonchev–Trinajstić information content (AvgIpc) is 2.38. The molecule has 0 aliphatic rings. The maximum Gasteiger partial charge on any atom is 0.122 e. The first-order valence-corrected chi connectivity index (χ1v) is 6.58. The maximum atomic E-state index is 10.1. The Kier molecular flexibility index (Phi) is 4.39. The van der Waals surface area contributed by atoms with Crippen LogP contribution in [0.5, 0.6) is 5.75 Å². The van der Waals surface area contributed by atoms with Gasteiger partial charge in [-0.15, -0.1) is 0 Å². The molecule has 0 saturated carbocycles. The van der Waals surface area contributed by atoms with Crippen molar-refractivity contribution in [3.63, 3.8) is 0 Å². The molecule has 0 aliphatic heterocycles. The Morgan fingerprint density at radius 1 is 1.11 bits per heavy atom. The highest BCUT2D eigenvalue weighted by Crippen LogP contribution is 2.24. The number of aliphatic hydroxyl groups is 1. The molecule has 0 heterocycles. The van der Waals surface area contributed by atoms with Crippen LogP contribution in [0.2, 0.25) is 0 Å². The van der Waals surface area contributed by atoms with Crippen LogP contribution in [0.4, 0.5) is 0 Å². The van der Waals surface area contributed by atoms with E-state index in [-0.39, 0.29) is 6.61 Å². The summed E-state index contributed by atoms with van der Waals surface area (Å²) in [6, 6.07) is 15.4. The molecular weight excluding hydrogens is 292 g/mol. The smallest absolute Gasteiger partial charge is 0.122 e. The van der Waals surface area contributed by atoms with E-state index >= 15 is 0 Å². The molecule has 94 valence electrons. The van der Waals surface area contributed by atoms with Gasteiger partial charge in [0.1, 0.15) is 18.5 Å². The first-order valence-electron chi connectivity index (χ1n) is 5.79. The van der Waals surface area contributed by atoms with Gasteiger partial charge in [0, 0.05) is 4.47 Å². The van der Waals surface area contributed by atoms with E-state index in [4.69, 9.17) is 4.74 Å². The molecule has 18 heavy (non-hydrogen) atoms. The second kappa shape index (κ2) is 6.03. The largest absolute Gasteiger partial charge is 0.490 e. The molecule has 2 nitrogen and oxygen atoms in total. The third kappa shape index (κ3) is 3.12. The summed E-state index contributed by atoms with van der Waals surface area (Å²) in [5.41, 5.74) is 1.91. The Morgan fingerprint density at radius 3 is 2.50 bits per heavy atom. The van der Waals surface area contributed by atoms with E-state index in [0.717, 1.165) is 21.3 Å². The second-order valence-corrected chi connectivity index (χ2v) is 4.97. The van der Waals surface area contributed by atoms with Crippen molar-refractivity contribution in [2.24, 2.45) is 0 Å². The van der Waals surface area contributed by atoms with Crippen LogP contribution in [0.3, 0.4) is 0 Å². The molecule has 1 unspecified atom stereocenters. The van der Waals surface area contributed by atoms with E-state index in [1.807, 2.05) is 55.5 Å². The van der Waals surface area contributed by atoms with Gasteiger partial charge in [-0.1, -0.05) is 52.3 Å². The quantitative estimate of drug-likeness (QED) is 0.929.